The van der Waals surface area contributed by atoms with Crippen molar-refractivity contribution in [2.75, 3.05) is 24.5 Å². The molecule has 24 heavy (non-hydrogen) atoms. The highest BCUT2D eigenvalue weighted by molar-refractivity contribution is 5.95. The van der Waals surface area contributed by atoms with E-state index < -0.39 is 0 Å². The molecule has 2 N–H and O–H groups in total. The fraction of sp³-hybridized carbons (Fsp3) is 0.556. The minimum absolute atomic E-state index is 0. The summed E-state index contributed by atoms with van der Waals surface area (Å²) in [6.07, 6.45) is 4.30. The normalized spacial score (nSPS) is 20.1. The monoisotopic (exact) mass is 351 g/mol. The predicted octanol–water partition coefficient (Wildman–Crippen LogP) is 2.24. The zero-order chi connectivity index (χ0) is 16.1. The van der Waals surface area contributed by atoms with Crippen LogP contribution >= 0.6 is 12.4 Å². The first-order valence-corrected chi connectivity index (χ1v) is 8.59. The largest absolute Gasteiger partial charge is 0.352 e. The van der Waals surface area contributed by atoms with Gasteiger partial charge in [0.15, 0.2) is 0 Å². The Bertz CT molecular complexity index is 573. The Morgan fingerprint density at radius 1 is 1.38 bits per heavy atom. The molecule has 3 rings (SSSR count). The summed E-state index contributed by atoms with van der Waals surface area (Å²) in [6.45, 7) is 3.44. The van der Waals surface area contributed by atoms with Crippen LogP contribution in [-0.2, 0) is 16.1 Å². The molecule has 2 amide bonds. The van der Waals surface area contributed by atoms with Crippen molar-refractivity contribution in [1.82, 2.24) is 10.6 Å². The molecular formula is C18H26ClN3O2. The average Bonchev–Trinajstić information content (AvgIpc) is 3.22. The van der Waals surface area contributed by atoms with Gasteiger partial charge in [0.25, 0.3) is 0 Å². The summed E-state index contributed by atoms with van der Waals surface area (Å²) < 4.78 is 0. The number of rotatable bonds is 6. The second-order valence-corrected chi connectivity index (χ2v) is 6.49. The predicted molar refractivity (Wildman–Crippen MR) is 97.3 cm³/mol. The Morgan fingerprint density at radius 2 is 2.25 bits per heavy atom. The Hall–Kier alpha value is -1.59. The number of anilines is 1. The van der Waals surface area contributed by atoms with E-state index in [-0.39, 0.29) is 24.2 Å². The molecule has 1 unspecified atom stereocenters. The highest BCUT2D eigenvalue weighted by atomic mass is 35.5. The fourth-order valence-electron chi connectivity index (χ4n) is 3.34. The smallest absolute Gasteiger partial charge is 0.227 e. The SMILES string of the molecule is Cl.O=C(CCC1CCNC1)NCc1cccc(N2CCCC2=O)c1. The van der Waals surface area contributed by atoms with Crippen LogP contribution in [0.3, 0.4) is 0 Å². The number of carbonyl (C=O) groups is 2. The molecule has 0 radical (unpaired) electrons. The molecule has 5 nitrogen and oxygen atoms in total. The first-order valence-electron chi connectivity index (χ1n) is 8.59. The molecule has 1 atom stereocenters. The van der Waals surface area contributed by atoms with Gasteiger partial charge in [0.05, 0.1) is 0 Å². The van der Waals surface area contributed by atoms with Crippen LogP contribution in [0.1, 0.15) is 37.7 Å². The lowest BCUT2D eigenvalue weighted by Crippen LogP contribution is -2.25. The first-order chi connectivity index (χ1) is 11.2. The molecule has 2 saturated heterocycles. The lowest BCUT2D eigenvalue weighted by molar-refractivity contribution is -0.121. The van der Waals surface area contributed by atoms with Gasteiger partial charge < -0.3 is 15.5 Å². The van der Waals surface area contributed by atoms with Gasteiger partial charge in [-0.25, -0.2) is 0 Å². The number of amides is 2. The number of benzene rings is 1. The molecule has 0 aromatic heterocycles. The van der Waals surface area contributed by atoms with Crippen LogP contribution in [0.25, 0.3) is 0 Å². The molecule has 0 spiro atoms. The zero-order valence-electron chi connectivity index (χ0n) is 13.9. The third-order valence-corrected chi connectivity index (χ3v) is 4.73. The van der Waals surface area contributed by atoms with Crippen molar-refractivity contribution < 1.29 is 9.59 Å². The van der Waals surface area contributed by atoms with Crippen molar-refractivity contribution in [3.05, 3.63) is 29.8 Å². The topological polar surface area (TPSA) is 61.4 Å². The van der Waals surface area contributed by atoms with Gasteiger partial charge in [-0.2, -0.15) is 0 Å². The van der Waals surface area contributed by atoms with E-state index in [9.17, 15) is 9.59 Å². The zero-order valence-corrected chi connectivity index (χ0v) is 14.7. The van der Waals surface area contributed by atoms with Crippen LogP contribution < -0.4 is 15.5 Å². The number of halogens is 1. The summed E-state index contributed by atoms with van der Waals surface area (Å²) in [4.78, 5) is 25.6. The third-order valence-electron chi connectivity index (χ3n) is 4.73. The van der Waals surface area contributed by atoms with Crippen molar-refractivity contribution in [3.63, 3.8) is 0 Å². The molecule has 0 bridgehead atoms. The molecular weight excluding hydrogens is 326 g/mol. The van der Waals surface area contributed by atoms with Crippen LogP contribution in [0.15, 0.2) is 24.3 Å². The lowest BCUT2D eigenvalue weighted by atomic mass is 10.0. The fourth-order valence-corrected chi connectivity index (χ4v) is 3.34. The Labute approximate surface area is 149 Å². The maximum atomic E-state index is 12.0. The van der Waals surface area contributed by atoms with E-state index in [1.807, 2.05) is 29.2 Å². The summed E-state index contributed by atoms with van der Waals surface area (Å²) >= 11 is 0. The van der Waals surface area contributed by atoms with Gasteiger partial charge in [0.2, 0.25) is 11.8 Å². The summed E-state index contributed by atoms with van der Waals surface area (Å²) in [5.74, 6) is 0.946. The van der Waals surface area contributed by atoms with Crippen LogP contribution in [0.5, 0.6) is 0 Å². The van der Waals surface area contributed by atoms with Crippen LogP contribution in [-0.4, -0.2) is 31.4 Å². The minimum Gasteiger partial charge on any atom is -0.352 e. The van der Waals surface area contributed by atoms with Gasteiger partial charge in [-0.3, -0.25) is 9.59 Å². The number of nitrogens with one attached hydrogen (secondary N) is 2. The van der Waals surface area contributed by atoms with Crippen molar-refractivity contribution in [2.45, 2.75) is 38.6 Å². The van der Waals surface area contributed by atoms with E-state index >= 15 is 0 Å². The van der Waals surface area contributed by atoms with E-state index in [4.69, 9.17) is 0 Å². The van der Waals surface area contributed by atoms with Crippen molar-refractivity contribution in [2.24, 2.45) is 5.92 Å². The van der Waals surface area contributed by atoms with Crippen LogP contribution in [0, 0.1) is 5.92 Å². The summed E-state index contributed by atoms with van der Waals surface area (Å²) in [6, 6.07) is 7.91. The van der Waals surface area contributed by atoms with Crippen molar-refractivity contribution in [1.29, 1.82) is 0 Å². The number of carbonyl (C=O) groups excluding carboxylic acids is 2. The highest BCUT2D eigenvalue weighted by Crippen LogP contribution is 2.22. The third kappa shape index (κ3) is 4.95. The van der Waals surface area contributed by atoms with Gasteiger partial charge in [-0.05, 0) is 56.0 Å². The van der Waals surface area contributed by atoms with Crippen molar-refractivity contribution in [3.8, 4) is 0 Å². The highest BCUT2D eigenvalue weighted by Gasteiger charge is 2.21. The minimum atomic E-state index is 0. The molecule has 6 heteroatoms. The van der Waals surface area contributed by atoms with Gasteiger partial charge in [0.1, 0.15) is 0 Å². The molecule has 2 heterocycles. The summed E-state index contributed by atoms with van der Waals surface area (Å²) in [5.41, 5.74) is 1.98. The number of hydrogen-bond donors (Lipinski definition) is 2. The number of nitrogens with zero attached hydrogens (tertiary/aromatic N) is 1. The van der Waals surface area contributed by atoms with Crippen LogP contribution in [0.2, 0.25) is 0 Å². The molecule has 2 fully saturated rings. The summed E-state index contributed by atoms with van der Waals surface area (Å²) in [7, 11) is 0. The average molecular weight is 352 g/mol. The first kappa shape index (κ1) is 18.7. The Kier molecular flexibility index (Phi) is 7.06. The van der Waals surface area contributed by atoms with E-state index in [1.165, 1.54) is 6.42 Å². The van der Waals surface area contributed by atoms with E-state index in [2.05, 4.69) is 10.6 Å². The number of hydrogen-bond acceptors (Lipinski definition) is 3. The standard InChI is InChI=1S/C18H25N3O2.ClH/c22-17(7-6-14-8-9-19-12-14)20-13-15-3-1-4-16(11-15)21-10-2-5-18(21)23;/h1,3-4,11,14,19H,2,5-10,12-13H2,(H,20,22);1H. The maximum Gasteiger partial charge on any atom is 0.227 e. The van der Waals surface area contributed by atoms with Gasteiger partial charge in [-0.15, -0.1) is 12.4 Å². The Balaban J connectivity index is 0.00000208. The maximum absolute atomic E-state index is 12.0. The molecule has 0 aliphatic carbocycles. The van der Waals surface area contributed by atoms with Crippen molar-refractivity contribution >= 4 is 29.9 Å². The van der Waals surface area contributed by atoms with E-state index in [0.29, 0.717) is 25.3 Å². The molecule has 2 aliphatic rings. The molecule has 1 aromatic rings. The second kappa shape index (κ2) is 9.04. The van der Waals surface area contributed by atoms with E-state index in [0.717, 1.165) is 43.7 Å². The van der Waals surface area contributed by atoms with E-state index in [1.54, 1.807) is 0 Å². The molecule has 0 saturated carbocycles. The quantitative estimate of drug-likeness (QED) is 0.826. The van der Waals surface area contributed by atoms with Crippen LogP contribution in [0.4, 0.5) is 5.69 Å². The second-order valence-electron chi connectivity index (χ2n) is 6.49. The Morgan fingerprint density at radius 3 is 2.96 bits per heavy atom. The molecule has 2 aliphatic heterocycles. The summed E-state index contributed by atoms with van der Waals surface area (Å²) in [5, 5.41) is 6.32. The van der Waals surface area contributed by atoms with Gasteiger partial charge in [0, 0.05) is 31.6 Å². The molecule has 1 aromatic carbocycles. The van der Waals surface area contributed by atoms with Gasteiger partial charge >= 0.3 is 0 Å². The molecule has 132 valence electrons. The van der Waals surface area contributed by atoms with Gasteiger partial charge in [-0.1, -0.05) is 12.1 Å². The lowest BCUT2D eigenvalue weighted by Gasteiger charge is -2.16.